The van der Waals surface area contributed by atoms with E-state index in [1.54, 1.807) is 0 Å². The molecule has 1 amide bonds. The quantitative estimate of drug-likeness (QED) is 0.600. The molecule has 0 bridgehead atoms. The summed E-state index contributed by atoms with van der Waals surface area (Å²) in [4.78, 5) is 24.3. The molecule has 3 aromatic rings. The zero-order chi connectivity index (χ0) is 20.7. The Kier molecular flexibility index (Phi) is 6.42. The van der Waals surface area contributed by atoms with Gasteiger partial charge in [-0.2, -0.15) is 0 Å². The Labute approximate surface area is 170 Å². The lowest BCUT2D eigenvalue weighted by molar-refractivity contribution is -0.146. The first-order valence-corrected chi connectivity index (χ1v) is 9.33. The van der Waals surface area contributed by atoms with Gasteiger partial charge in [0.2, 0.25) is 5.91 Å². The average molecular weight is 389 g/mol. The van der Waals surface area contributed by atoms with Gasteiger partial charge in [-0.15, -0.1) is 0 Å². The molecule has 3 rings (SSSR count). The van der Waals surface area contributed by atoms with Crippen LogP contribution in [-0.4, -0.2) is 23.6 Å². The van der Waals surface area contributed by atoms with Gasteiger partial charge in [-0.3, -0.25) is 9.59 Å². The molecule has 148 valence electrons. The average Bonchev–Trinajstić information content (AvgIpc) is 2.74. The van der Waals surface area contributed by atoms with Crippen LogP contribution in [0.4, 0.5) is 5.69 Å². The van der Waals surface area contributed by atoms with Crippen molar-refractivity contribution in [3.8, 4) is 0 Å². The van der Waals surface area contributed by atoms with E-state index in [1.807, 2.05) is 91.9 Å². The van der Waals surface area contributed by atoms with Gasteiger partial charge in [0.25, 0.3) is 0 Å². The maximum atomic E-state index is 12.5. The van der Waals surface area contributed by atoms with Crippen LogP contribution in [0.25, 0.3) is 0 Å². The van der Waals surface area contributed by atoms with Gasteiger partial charge in [-0.25, -0.2) is 0 Å². The van der Waals surface area contributed by atoms with Crippen molar-refractivity contribution in [2.45, 2.75) is 18.9 Å². The van der Waals surface area contributed by atoms with Crippen LogP contribution in [0.3, 0.4) is 0 Å². The molecule has 0 aromatic heterocycles. The zero-order valence-electron chi connectivity index (χ0n) is 16.2. The molecule has 0 fully saturated rings. The molecule has 29 heavy (non-hydrogen) atoms. The number of anilines is 1. The molecule has 5 nitrogen and oxygen atoms in total. The summed E-state index contributed by atoms with van der Waals surface area (Å²) in [7, 11) is 0. The number of amides is 1. The topological polar surface area (TPSA) is 75.6 Å². The number of benzene rings is 3. The van der Waals surface area contributed by atoms with E-state index in [2.05, 4.69) is 5.32 Å². The van der Waals surface area contributed by atoms with E-state index < -0.39 is 11.6 Å². The van der Waals surface area contributed by atoms with Crippen molar-refractivity contribution in [1.82, 2.24) is 0 Å². The van der Waals surface area contributed by atoms with Crippen LogP contribution >= 0.6 is 0 Å². The number of carbonyl (C=O) groups is 2. The lowest BCUT2D eigenvalue weighted by Gasteiger charge is -2.33. The molecule has 0 unspecified atom stereocenters. The molecule has 3 aromatic carbocycles. The molecule has 0 atom stereocenters. The van der Waals surface area contributed by atoms with Gasteiger partial charge in [0.05, 0.1) is 6.42 Å². The SMILES string of the molecule is Cc1ccc(NC(=O)COC(CC(=O)O)(c2ccccc2)c2ccccc2)cc1. The van der Waals surface area contributed by atoms with E-state index in [9.17, 15) is 14.7 Å². The van der Waals surface area contributed by atoms with Crippen LogP contribution in [-0.2, 0) is 19.9 Å². The number of carboxylic acids is 1. The standard InChI is InChI=1S/C24H23NO4/c1-18-12-14-21(15-13-18)25-22(26)17-29-24(16-23(27)28,19-8-4-2-5-9-19)20-10-6-3-7-11-20/h2-15H,16-17H2,1H3,(H,25,26)(H,27,28). The predicted octanol–water partition coefficient (Wildman–Crippen LogP) is 4.37. The van der Waals surface area contributed by atoms with Gasteiger partial charge in [0, 0.05) is 5.69 Å². The maximum Gasteiger partial charge on any atom is 0.307 e. The second kappa shape index (κ2) is 9.17. The Morgan fingerprint density at radius 2 is 1.38 bits per heavy atom. The van der Waals surface area contributed by atoms with Gasteiger partial charge in [-0.05, 0) is 30.2 Å². The minimum atomic E-state index is -1.28. The molecular weight excluding hydrogens is 366 g/mol. The number of hydrogen-bond acceptors (Lipinski definition) is 3. The number of hydrogen-bond donors (Lipinski definition) is 2. The third-order valence-electron chi connectivity index (χ3n) is 4.67. The number of carboxylic acid groups (broad SMARTS) is 1. The fourth-order valence-electron chi connectivity index (χ4n) is 3.24. The van der Waals surface area contributed by atoms with E-state index >= 15 is 0 Å². The Morgan fingerprint density at radius 3 is 1.86 bits per heavy atom. The molecule has 0 aliphatic carbocycles. The highest BCUT2D eigenvalue weighted by atomic mass is 16.5. The van der Waals surface area contributed by atoms with E-state index in [-0.39, 0.29) is 18.9 Å². The van der Waals surface area contributed by atoms with Gasteiger partial charge in [0.15, 0.2) is 0 Å². The third kappa shape index (κ3) is 5.09. The molecule has 0 heterocycles. The van der Waals surface area contributed by atoms with Crippen molar-refractivity contribution < 1.29 is 19.4 Å². The van der Waals surface area contributed by atoms with E-state index in [0.717, 1.165) is 5.56 Å². The van der Waals surface area contributed by atoms with Crippen molar-refractivity contribution >= 4 is 17.6 Å². The predicted molar refractivity (Wildman–Crippen MR) is 112 cm³/mol. The number of aryl methyl sites for hydroxylation is 1. The minimum absolute atomic E-state index is 0.287. The highest BCUT2D eigenvalue weighted by Gasteiger charge is 2.38. The highest BCUT2D eigenvalue weighted by Crippen LogP contribution is 2.37. The molecular formula is C24H23NO4. The zero-order valence-corrected chi connectivity index (χ0v) is 16.2. The number of rotatable bonds is 8. The Morgan fingerprint density at radius 1 is 0.862 bits per heavy atom. The Hall–Kier alpha value is -3.44. The van der Waals surface area contributed by atoms with Gasteiger partial charge < -0.3 is 15.2 Å². The van der Waals surface area contributed by atoms with Crippen LogP contribution < -0.4 is 5.32 Å². The second-order valence-corrected chi connectivity index (χ2v) is 6.83. The lowest BCUT2D eigenvalue weighted by Crippen LogP contribution is -2.37. The maximum absolute atomic E-state index is 12.5. The summed E-state index contributed by atoms with van der Waals surface area (Å²) in [6, 6.07) is 25.7. The molecule has 0 spiro atoms. The largest absolute Gasteiger partial charge is 0.481 e. The molecule has 0 saturated carbocycles. The van der Waals surface area contributed by atoms with Crippen molar-refractivity contribution in [1.29, 1.82) is 0 Å². The smallest absolute Gasteiger partial charge is 0.307 e. The summed E-state index contributed by atoms with van der Waals surface area (Å²) in [5.74, 6) is -1.37. The first-order chi connectivity index (χ1) is 14.0. The normalized spacial score (nSPS) is 11.1. The number of ether oxygens (including phenoxy) is 1. The summed E-state index contributed by atoms with van der Waals surface area (Å²) in [5, 5.41) is 12.4. The van der Waals surface area contributed by atoms with Crippen LogP contribution in [0.15, 0.2) is 84.9 Å². The summed E-state index contributed by atoms with van der Waals surface area (Å²) >= 11 is 0. The fourth-order valence-corrected chi connectivity index (χ4v) is 3.24. The van der Waals surface area contributed by atoms with Gasteiger partial charge in [0.1, 0.15) is 12.2 Å². The van der Waals surface area contributed by atoms with E-state index in [4.69, 9.17) is 4.74 Å². The van der Waals surface area contributed by atoms with Crippen molar-refractivity contribution in [2.75, 3.05) is 11.9 Å². The number of aliphatic carboxylic acids is 1. The minimum Gasteiger partial charge on any atom is -0.481 e. The van der Waals surface area contributed by atoms with Gasteiger partial charge in [-0.1, -0.05) is 78.4 Å². The van der Waals surface area contributed by atoms with E-state index in [1.165, 1.54) is 0 Å². The third-order valence-corrected chi connectivity index (χ3v) is 4.67. The van der Waals surface area contributed by atoms with E-state index in [0.29, 0.717) is 16.8 Å². The lowest BCUT2D eigenvalue weighted by atomic mass is 9.83. The van der Waals surface area contributed by atoms with Crippen LogP contribution in [0.5, 0.6) is 0 Å². The molecule has 0 saturated heterocycles. The van der Waals surface area contributed by atoms with Crippen LogP contribution in [0.2, 0.25) is 0 Å². The van der Waals surface area contributed by atoms with Crippen LogP contribution in [0.1, 0.15) is 23.1 Å². The fraction of sp³-hybridized carbons (Fsp3) is 0.167. The number of carbonyl (C=O) groups excluding carboxylic acids is 1. The first-order valence-electron chi connectivity index (χ1n) is 9.33. The first kappa shape index (κ1) is 20.3. The van der Waals surface area contributed by atoms with Crippen molar-refractivity contribution in [2.24, 2.45) is 0 Å². The number of nitrogens with one attached hydrogen (secondary N) is 1. The summed E-state index contributed by atoms with van der Waals surface area (Å²) in [5.41, 5.74) is 1.83. The highest BCUT2D eigenvalue weighted by molar-refractivity contribution is 5.91. The molecule has 5 heteroatoms. The summed E-state index contributed by atoms with van der Waals surface area (Å²) in [6.45, 7) is 1.68. The van der Waals surface area contributed by atoms with Crippen molar-refractivity contribution in [3.05, 3.63) is 102 Å². The Balaban J connectivity index is 1.89. The Bertz CT molecular complexity index is 914. The second-order valence-electron chi connectivity index (χ2n) is 6.83. The van der Waals surface area contributed by atoms with Gasteiger partial charge >= 0.3 is 5.97 Å². The molecule has 0 aliphatic heterocycles. The molecule has 0 aliphatic rings. The molecule has 2 N–H and O–H groups in total. The monoisotopic (exact) mass is 389 g/mol. The van der Waals surface area contributed by atoms with Crippen LogP contribution in [0, 0.1) is 6.92 Å². The summed E-state index contributed by atoms with van der Waals surface area (Å²) in [6.07, 6.45) is -0.307. The summed E-state index contributed by atoms with van der Waals surface area (Å²) < 4.78 is 6.08. The van der Waals surface area contributed by atoms with Crippen molar-refractivity contribution in [3.63, 3.8) is 0 Å². The molecule has 0 radical (unpaired) electrons.